The molecule has 1 amide bonds. The second-order valence-corrected chi connectivity index (χ2v) is 5.39. The van der Waals surface area contributed by atoms with E-state index in [1.165, 1.54) is 19.3 Å². The Bertz CT molecular complexity index is 428. The van der Waals surface area contributed by atoms with Gasteiger partial charge in [0.15, 0.2) is 0 Å². The maximum atomic E-state index is 11.7. The molecule has 0 saturated heterocycles. The minimum atomic E-state index is -0.205. The molecule has 0 bridgehead atoms. The number of pyridine rings is 1. The molecule has 0 aliphatic heterocycles. The Balaban J connectivity index is 1.80. The summed E-state index contributed by atoms with van der Waals surface area (Å²) in [5, 5.41) is 3.18. The molecule has 0 spiro atoms. The summed E-state index contributed by atoms with van der Waals surface area (Å²) in [4.78, 5) is 15.5. The Morgan fingerprint density at radius 3 is 2.53 bits per heavy atom. The standard InChI is InChI=1S/C13H16Cl2N2O2/c14-11-6-9(7-12(15)17-11)16-13(18)8-19-10-4-2-1-3-5-10/h6-7,10H,1-5,8H2,(H,16,17,18). The first kappa shape index (κ1) is 14.6. The van der Waals surface area contributed by atoms with Gasteiger partial charge < -0.3 is 10.1 Å². The molecular weight excluding hydrogens is 287 g/mol. The molecule has 1 aromatic rings. The molecule has 6 heteroatoms. The van der Waals surface area contributed by atoms with Crippen LogP contribution >= 0.6 is 23.2 Å². The zero-order valence-electron chi connectivity index (χ0n) is 10.5. The SMILES string of the molecule is O=C(COC1CCCCC1)Nc1cc(Cl)nc(Cl)c1. The summed E-state index contributed by atoms with van der Waals surface area (Å²) in [5.74, 6) is -0.205. The van der Waals surface area contributed by atoms with Crippen molar-refractivity contribution >= 4 is 34.8 Å². The monoisotopic (exact) mass is 302 g/mol. The van der Waals surface area contributed by atoms with E-state index in [-0.39, 0.29) is 28.9 Å². The predicted octanol–water partition coefficient (Wildman–Crippen LogP) is 3.68. The van der Waals surface area contributed by atoms with Crippen LogP contribution < -0.4 is 5.32 Å². The second-order valence-electron chi connectivity index (χ2n) is 4.62. The molecule has 1 aromatic heterocycles. The van der Waals surface area contributed by atoms with Crippen molar-refractivity contribution < 1.29 is 9.53 Å². The summed E-state index contributed by atoms with van der Waals surface area (Å²) >= 11 is 11.5. The number of aromatic nitrogens is 1. The first-order valence-corrected chi connectivity index (χ1v) is 7.13. The maximum absolute atomic E-state index is 11.7. The number of carbonyl (C=O) groups excluding carboxylic acids is 1. The van der Waals surface area contributed by atoms with Crippen LogP contribution in [0.15, 0.2) is 12.1 Å². The average Bonchev–Trinajstić information content (AvgIpc) is 2.36. The number of amides is 1. The first-order valence-electron chi connectivity index (χ1n) is 6.38. The van der Waals surface area contributed by atoms with Crippen LogP contribution in [0.1, 0.15) is 32.1 Å². The van der Waals surface area contributed by atoms with Gasteiger partial charge in [0.1, 0.15) is 16.9 Å². The van der Waals surface area contributed by atoms with E-state index in [1.807, 2.05) is 0 Å². The van der Waals surface area contributed by atoms with Crippen molar-refractivity contribution in [1.29, 1.82) is 0 Å². The third-order valence-electron chi connectivity index (χ3n) is 3.05. The fourth-order valence-electron chi connectivity index (χ4n) is 2.16. The highest BCUT2D eigenvalue weighted by Crippen LogP contribution is 2.21. The molecule has 19 heavy (non-hydrogen) atoms. The minimum Gasteiger partial charge on any atom is -0.368 e. The topological polar surface area (TPSA) is 51.2 Å². The maximum Gasteiger partial charge on any atom is 0.250 e. The first-order chi connectivity index (χ1) is 9.13. The van der Waals surface area contributed by atoms with E-state index in [0.29, 0.717) is 5.69 Å². The van der Waals surface area contributed by atoms with Crippen molar-refractivity contribution in [3.8, 4) is 0 Å². The highest BCUT2D eigenvalue weighted by molar-refractivity contribution is 6.32. The van der Waals surface area contributed by atoms with Crippen molar-refractivity contribution in [2.45, 2.75) is 38.2 Å². The van der Waals surface area contributed by atoms with E-state index >= 15 is 0 Å². The predicted molar refractivity (Wildman–Crippen MR) is 75.7 cm³/mol. The molecular formula is C13H16Cl2N2O2. The van der Waals surface area contributed by atoms with Crippen molar-refractivity contribution in [1.82, 2.24) is 4.98 Å². The van der Waals surface area contributed by atoms with Gasteiger partial charge in [-0.05, 0) is 25.0 Å². The highest BCUT2D eigenvalue weighted by atomic mass is 35.5. The number of carbonyl (C=O) groups is 1. The summed E-state index contributed by atoms with van der Waals surface area (Å²) in [5.41, 5.74) is 0.530. The van der Waals surface area contributed by atoms with Crippen molar-refractivity contribution in [2.75, 3.05) is 11.9 Å². The summed E-state index contributed by atoms with van der Waals surface area (Å²) in [6.45, 7) is 0.0578. The Labute approximate surface area is 122 Å². The van der Waals surface area contributed by atoms with Crippen LogP contribution in [-0.2, 0) is 9.53 Å². The van der Waals surface area contributed by atoms with Crippen LogP contribution in [0.5, 0.6) is 0 Å². The molecule has 4 nitrogen and oxygen atoms in total. The van der Waals surface area contributed by atoms with E-state index in [4.69, 9.17) is 27.9 Å². The van der Waals surface area contributed by atoms with Gasteiger partial charge in [0.05, 0.1) is 6.10 Å². The normalized spacial score (nSPS) is 16.3. The van der Waals surface area contributed by atoms with E-state index in [9.17, 15) is 4.79 Å². The lowest BCUT2D eigenvalue weighted by Crippen LogP contribution is -2.24. The molecule has 1 aliphatic carbocycles. The smallest absolute Gasteiger partial charge is 0.250 e. The third kappa shape index (κ3) is 4.97. The molecule has 0 aromatic carbocycles. The number of nitrogens with one attached hydrogen (secondary N) is 1. The lowest BCUT2D eigenvalue weighted by atomic mass is 9.98. The Hall–Kier alpha value is -0.840. The number of ether oxygens (including phenoxy) is 1. The lowest BCUT2D eigenvalue weighted by Gasteiger charge is -2.21. The Morgan fingerprint density at radius 2 is 1.89 bits per heavy atom. The van der Waals surface area contributed by atoms with Gasteiger partial charge in [-0.3, -0.25) is 4.79 Å². The average molecular weight is 303 g/mol. The number of rotatable bonds is 4. The van der Waals surface area contributed by atoms with Gasteiger partial charge in [-0.1, -0.05) is 42.5 Å². The highest BCUT2D eigenvalue weighted by Gasteiger charge is 2.15. The van der Waals surface area contributed by atoms with E-state index in [0.717, 1.165) is 12.8 Å². The number of hydrogen-bond acceptors (Lipinski definition) is 3. The molecule has 1 aliphatic rings. The van der Waals surface area contributed by atoms with Gasteiger partial charge in [-0.25, -0.2) is 4.98 Å². The summed E-state index contributed by atoms with van der Waals surface area (Å²) < 4.78 is 5.58. The van der Waals surface area contributed by atoms with E-state index in [1.54, 1.807) is 12.1 Å². The van der Waals surface area contributed by atoms with Gasteiger partial charge >= 0.3 is 0 Å². The van der Waals surface area contributed by atoms with E-state index < -0.39 is 0 Å². The van der Waals surface area contributed by atoms with Crippen LogP contribution in [0.4, 0.5) is 5.69 Å². The fourth-order valence-corrected chi connectivity index (χ4v) is 2.62. The van der Waals surface area contributed by atoms with Crippen molar-refractivity contribution in [3.63, 3.8) is 0 Å². The van der Waals surface area contributed by atoms with Crippen LogP contribution in [0.3, 0.4) is 0 Å². The van der Waals surface area contributed by atoms with Gasteiger partial charge in [0, 0.05) is 5.69 Å². The summed E-state index contributed by atoms with van der Waals surface area (Å²) in [7, 11) is 0. The zero-order chi connectivity index (χ0) is 13.7. The molecule has 1 N–H and O–H groups in total. The van der Waals surface area contributed by atoms with Crippen LogP contribution in [0.25, 0.3) is 0 Å². The molecule has 1 saturated carbocycles. The molecule has 0 unspecified atom stereocenters. The second kappa shape index (κ2) is 7.08. The molecule has 1 fully saturated rings. The molecule has 1 heterocycles. The van der Waals surface area contributed by atoms with E-state index in [2.05, 4.69) is 10.3 Å². The zero-order valence-corrected chi connectivity index (χ0v) is 12.0. The number of nitrogens with zero attached hydrogens (tertiary/aromatic N) is 1. The summed E-state index contributed by atoms with van der Waals surface area (Å²) in [6, 6.07) is 3.10. The number of halogens is 2. The molecule has 2 rings (SSSR count). The minimum absolute atomic E-state index is 0.0578. The largest absolute Gasteiger partial charge is 0.368 e. The molecule has 0 radical (unpaired) electrons. The van der Waals surface area contributed by atoms with Crippen LogP contribution in [0.2, 0.25) is 10.3 Å². The van der Waals surface area contributed by atoms with Gasteiger partial charge in [0.25, 0.3) is 0 Å². The third-order valence-corrected chi connectivity index (χ3v) is 3.44. The Morgan fingerprint density at radius 1 is 1.26 bits per heavy atom. The van der Waals surface area contributed by atoms with Crippen LogP contribution in [0, 0.1) is 0 Å². The quantitative estimate of drug-likeness (QED) is 0.863. The van der Waals surface area contributed by atoms with Crippen molar-refractivity contribution in [3.05, 3.63) is 22.4 Å². The van der Waals surface area contributed by atoms with Gasteiger partial charge in [-0.2, -0.15) is 0 Å². The van der Waals surface area contributed by atoms with Crippen LogP contribution in [-0.4, -0.2) is 23.6 Å². The van der Waals surface area contributed by atoms with Gasteiger partial charge in [-0.15, -0.1) is 0 Å². The summed E-state index contributed by atoms with van der Waals surface area (Å²) in [6.07, 6.45) is 5.92. The lowest BCUT2D eigenvalue weighted by molar-refractivity contribution is -0.123. The van der Waals surface area contributed by atoms with Gasteiger partial charge in [0.2, 0.25) is 5.91 Å². The van der Waals surface area contributed by atoms with Crippen molar-refractivity contribution in [2.24, 2.45) is 0 Å². The fraction of sp³-hybridized carbons (Fsp3) is 0.538. The number of anilines is 1. The Kier molecular flexibility index (Phi) is 5.43. The number of hydrogen-bond donors (Lipinski definition) is 1. The molecule has 104 valence electrons. The molecule has 0 atom stereocenters.